The number of nitrogens with zero attached hydrogens (tertiary/aromatic N) is 2. The van der Waals surface area contributed by atoms with Crippen molar-refractivity contribution in [2.24, 2.45) is 5.92 Å². The zero-order chi connectivity index (χ0) is 12.4. The molecular weight excluding hydrogens is 226 g/mol. The number of piperidine rings is 1. The lowest BCUT2D eigenvalue weighted by Gasteiger charge is -2.32. The fraction of sp³-hybridized carbons (Fsp3) is 0.769. The summed E-state index contributed by atoms with van der Waals surface area (Å²) in [4.78, 5) is 0. The van der Waals surface area contributed by atoms with Crippen molar-refractivity contribution in [1.82, 2.24) is 20.4 Å². The van der Waals surface area contributed by atoms with Crippen LogP contribution in [0.3, 0.4) is 0 Å². The van der Waals surface area contributed by atoms with Crippen molar-refractivity contribution in [1.29, 1.82) is 0 Å². The van der Waals surface area contributed by atoms with Crippen LogP contribution >= 0.6 is 0 Å². The Hall–Kier alpha value is -1.07. The molecule has 0 bridgehead atoms. The highest BCUT2D eigenvalue weighted by Crippen LogP contribution is 2.20. The van der Waals surface area contributed by atoms with Crippen LogP contribution < -0.4 is 16.0 Å². The topological polar surface area (TPSA) is 53.9 Å². The molecule has 0 amide bonds. The molecule has 18 heavy (non-hydrogen) atoms. The number of aromatic nitrogens is 2. The summed E-state index contributed by atoms with van der Waals surface area (Å²) in [7, 11) is 0. The first-order valence-corrected chi connectivity index (χ1v) is 7.06. The van der Waals surface area contributed by atoms with Crippen LogP contribution in [0.5, 0.6) is 0 Å². The Morgan fingerprint density at radius 1 is 1.50 bits per heavy atom. The Bertz CT molecular complexity index is 384. The third-order valence-corrected chi connectivity index (χ3v) is 4.25. The highest BCUT2D eigenvalue weighted by atomic mass is 15.4. The number of hydrogen-bond acceptors (Lipinski definition) is 4. The number of nitrogens with one attached hydrogen (secondary N) is 3. The van der Waals surface area contributed by atoms with Crippen LogP contribution in [0.4, 0.5) is 5.82 Å². The first kappa shape index (κ1) is 12.0. The summed E-state index contributed by atoms with van der Waals surface area (Å²) in [5, 5.41) is 14.8. The molecule has 0 unspecified atom stereocenters. The van der Waals surface area contributed by atoms with Crippen LogP contribution in [-0.4, -0.2) is 42.0 Å². The van der Waals surface area contributed by atoms with E-state index in [0.717, 1.165) is 25.6 Å². The minimum absolute atomic E-state index is 0.532. The van der Waals surface area contributed by atoms with E-state index < -0.39 is 0 Å². The molecule has 0 spiro atoms. The van der Waals surface area contributed by atoms with E-state index in [4.69, 9.17) is 0 Å². The molecule has 2 saturated heterocycles. The van der Waals surface area contributed by atoms with Gasteiger partial charge in [0, 0.05) is 31.7 Å². The van der Waals surface area contributed by atoms with Gasteiger partial charge >= 0.3 is 0 Å². The quantitative estimate of drug-likeness (QED) is 0.740. The van der Waals surface area contributed by atoms with Gasteiger partial charge in [-0.1, -0.05) is 0 Å². The van der Waals surface area contributed by atoms with Crippen molar-refractivity contribution >= 4 is 5.82 Å². The van der Waals surface area contributed by atoms with Crippen molar-refractivity contribution in [2.45, 2.75) is 31.8 Å². The normalized spacial score (nSPS) is 28.9. The summed E-state index contributed by atoms with van der Waals surface area (Å²) >= 11 is 0. The molecule has 1 aromatic rings. The van der Waals surface area contributed by atoms with Gasteiger partial charge in [-0.25, -0.2) is 4.68 Å². The molecule has 3 rings (SSSR count). The SMILES string of the molecule is C[C@@H]1NCCC[C@@H]1CNc1ccnn1C1CNC1. The largest absolute Gasteiger partial charge is 0.370 e. The van der Waals surface area contributed by atoms with E-state index in [1.54, 1.807) is 0 Å². The second kappa shape index (κ2) is 5.28. The van der Waals surface area contributed by atoms with E-state index >= 15 is 0 Å². The lowest BCUT2D eigenvalue weighted by Crippen LogP contribution is -2.44. The standard InChI is InChI=1S/C13H23N5/c1-10-11(3-2-5-15-10)7-16-13-4-6-17-18(13)12-8-14-9-12/h4,6,10-12,14-16H,2-3,5,7-9H2,1H3/t10-,11+/m0/s1. The molecule has 5 heteroatoms. The first-order valence-electron chi connectivity index (χ1n) is 7.06. The third kappa shape index (κ3) is 2.37. The fourth-order valence-electron chi connectivity index (χ4n) is 2.82. The number of hydrogen-bond donors (Lipinski definition) is 3. The summed E-state index contributed by atoms with van der Waals surface area (Å²) in [5.74, 6) is 1.89. The van der Waals surface area contributed by atoms with Gasteiger partial charge in [-0.2, -0.15) is 5.10 Å². The predicted molar refractivity (Wildman–Crippen MR) is 72.8 cm³/mol. The Morgan fingerprint density at radius 2 is 2.39 bits per heavy atom. The van der Waals surface area contributed by atoms with Gasteiger partial charge < -0.3 is 16.0 Å². The first-order chi connectivity index (χ1) is 8.84. The van der Waals surface area contributed by atoms with E-state index in [2.05, 4.69) is 38.7 Å². The van der Waals surface area contributed by atoms with E-state index in [1.165, 1.54) is 25.2 Å². The Kier molecular flexibility index (Phi) is 3.52. The van der Waals surface area contributed by atoms with Gasteiger partial charge in [0.25, 0.3) is 0 Å². The molecule has 0 saturated carbocycles. The number of anilines is 1. The molecular formula is C13H23N5. The molecule has 0 aliphatic carbocycles. The molecule has 100 valence electrons. The Balaban J connectivity index is 1.57. The smallest absolute Gasteiger partial charge is 0.124 e. The van der Waals surface area contributed by atoms with Gasteiger partial charge in [0.15, 0.2) is 0 Å². The van der Waals surface area contributed by atoms with Gasteiger partial charge in [0.05, 0.1) is 12.2 Å². The van der Waals surface area contributed by atoms with Gasteiger partial charge in [0.2, 0.25) is 0 Å². The van der Waals surface area contributed by atoms with Gasteiger partial charge in [-0.15, -0.1) is 0 Å². The molecule has 0 aromatic carbocycles. The van der Waals surface area contributed by atoms with Crippen LogP contribution in [-0.2, 0) is 0 Å². The molecule has 2 aliphatic rings. The number of rotatable bonds is 4. The summed E-state index contributed by atoms with van der Waals surface area (Å²) in [6, 6.07) is 3.23. The average Bonchev–Trinajstić information content (AvgIpc) is 2.74. The monoisotopic (exact) mass is 249 g/mol. The minimum Gasteiger partial charge on any atom is -0.370 e. The zero-order valence-corrected chi connectivity index (χ0v) is 11.0. The molecule has 2 aliphatic heterocycles. The van der Waals surface area contributed by atoms with Gasteiger partial charge in [-0.3, -0.25) is 0 Å². The van der Waals surface area contributed by atoms with Gasteiger partial charge in [-0.05, 0) is 32.2 Å². The molecule has 3 N–H and O–H groups in total. The van der Waals surface area contributed by atoms with Crippen molar-refractivity contribution in [3.63, 3.8) is 0 Å². The average molecular weight is 249 g/mol. The second-order valence-corrected chi connectivity index (χ2v) is 5.50. The van der Waals surface area contributed by atoms with Crippen LogP contribution in [0, 0.1) is 5.92 Å². The van der Waals surface area contributed by atoms with Crippen molar-refractivity contribution in [3.05, 3.63) is 12.3 Å². The lowest BCUT2D eigenvalue weighted by molar-refractivity contribution is 0.304. The second-order valence-electron chi connectivity index (χ2n) is 5.50. The van der Waals surface area contributed by atoms with E-state index in [9.17, 15) is 0 Å². The minimum atomic E-state index is 0.532. The van der Waals surface area contributed by atoms with Crippen molar-refractivity contribution in [3.8, 4) is 0 Å². The van der Waals surface area contributed by atoms with Crippen molar-refractivity contribution in [2.75, 3.05) is 31.5 Å². The van der Waals surface area contributed by atoms with Crippen LogP contribution in [0.2, 0.25) is 0 Å². The maximum atomic E-state index is 4.42. The highest BCUT2D eigenvalue weighted by Gasteiger charge is 2.23. The maximum absolute atomic E-state index is 4.42. The van der Waals surface area contributed by atoms with E-state index in [-0.39, 0.29) is 0 Å². The van der Waals surface area contributed by atoms with Crippen molar-refractivity contribution < 1.29 is 0 Å². The van der Waals surface area contributed by atoms with E-state index in [0.29, 0.717) is 12.1 Å². The predicted octanol–water partition coefficient (Wildman–Crippen LogP) is 0.827. The lowest BCUT2D eigenvalue weighted by atomic mass is 9.92. The van der Waals surface area contributed by atoms with Gasteiger partial charge in [0.1, 0.15) is 5.82 Å². The Labute approximate surface area is 108 Å². The van der Waals surface area contributed by atoms with Crippen LogP contribution in [0.15, 0.2) is 12.3 Å². The van der Waals surface area contributed by atoms with Crippen LogP contribution in [0.25, 0.3) is 0 Å². The maximum Gasteiger partial charge on any atom is 0.124 e. The molecule has 1 aromatic heterocycles. The Morgan fingerprint density at radius 3 is 3.11 bits per heavy atom. The third-order valence-electron chi connectivity index (χ3n) is 4.25. The summed E-state index contributed by atoms with van der Waals surface area (Å²) in [6.45, 7) is 6.58. The van der Waals surface area contributed by atoms with E-state index in [1.807, 2.05) is 6.20 Å². The molecule has 2 fully saturated rings. The summed E-state index contributed by atoms with van der Waals surface area (Å²) < 4.78 is 2.12. The fourth-order valence-corrected chi connectivity index (χ4v) is 2.82. The highest BCUT2D eigenvalue weighted by molar-refractivity contribution is 5.35. The zero-order valence-electron chi connectivity index (χ0n) is 11.0. The summed E-state index contributed by atoms with van der Waals surface area (Å²) in [5.41, 5.74) is 0. The summed E-state index contributed by atoms with van der Waals surface area (Å²) in [6.07, 6.45) is 4.51. The molecule has 2 atom stereocenters. The molecule has 5 nitrogen and oxygen atoms in total. The molecule has 3 heterocycles. The van der Waals surface area contributed by atoms with Crippen LogP contribution in [0.1, 0.15) is 25.8 Å². The molecule has 0 radical (unpaired) electrons.